The Morgan fingerprint density at radius 1 is 0.688 bits per heavy atom. The molecular formula is C14H31NO. The van der Waals surface area contributed by atoms with Gasteiger partial charge in [-0.25, -0.2) is 0 Å². The highest BCUT2D eigenvalue weighted by atomic mass is 16.5. The highest BCUT2D eigenvalue weighted by Crippen LogP contribution is 2.11. The molecule has 0 aromatic carbocycles. The first-order valence-corrected chi connectivity index (χ1v) is 7.25. The topological polar surface area (TPSA) is 23.1 Å². The van der Waals surface area contributed by atoms with Gasteiger partial charge in [-0.05, 0) is 26.7 Å². The molecular weight excluding hydrogens is 198 g/mol. The van der Waals surface area contributed by atoms with Crippen molar-refractivity contribution in [2.24, 2.45) is 0 Å². The monoisotopic (exact) mass is 229 g/mol. The van der Waals surface area contributed by atoms with Crippen LogP contribution < -0.4 is 0 Å². The molecule has 0 aliphatic heterocycles. The zero-order valence-corrected chi connectivity index (χ0v) is 11.6. The van der Waals surface area contributed by atoms with Crippen LogP contribution in [0.5, 0.6) is 0 Å². The second kappa shape index (κ2) is 10.1. The third-order valence-corrected chi connectivity index (χ3v) is 3.57. The first-order chi connectivity index (χ1) is 7.68. The van der Waals surface area contributed by atoms with Crippen molar-refractivity contribution < 1.29 is 4.65 Å². The zero-order valence-electron chi connectivity index (χ0n) is 11.6. The van der Waals surface area contributed by atoms with Gasteiger partial charge in [-0.15, -0.1) is 0 Å². The average molecular weight is 229 g/mol. The molecule has 0 saturated carbocycles. The van der Waals surface area contributed by atoms with E-state index in [2.05, 4.69) is 6.92 Å². The van der Waals surface area contributed by atoms with Gasteiger partial charge < -0.3 is 9.85 Å². The van der Waals surface area contributed by atoms with Gasteiger partial charge in [-0.1, -0.05) is 45.4 Å². The van der Waals surface area contributed by atoms with E-state index in [1.54, 1.807) is 0 Å². The minimum atomic E-state index is 0.00976. The van der Waals surface area contributed by atoms with Crippen LogP contribution in [0.1, 0.15) is 72.1 Å². The highest BCUT2D eigenvalue weighted by Gasteiger charge is 2.09. The molecule has 0 aliphatic rings. The van der Waals surface area contributed by atoms with Crippen molar-refractivity contribution in [3.63, 3.8) is 0 Å². The molecule has 2 heteroatoms. The summed E-state index contributed by atoms with van der Waals surface area (Å²) in [7, 11) is 0. The van der Waals surface area contributed by atoms with Crippen molar-refractivity contribution in [2.75, 3.05) is 19.6 Å². The summed E-state index contributed by atoms with van der Waals surface area (Å²) in [5, 5.41) is 12.0. The fourth-order valence-electron chi connectivity index (χ4n) is 2.07. The molecule has 0 radical (unpaired) electrons. The first kappa shape index (κ1) is 15.9. The Morgan fingerprint density at radius 2 is 1.12 bits per heavy atom. The lowest BCUT2D eigenvalue weighted by molar-refractivity contribution is -0.877. The molecule has 0 bridgehead atoms. The molecule has 0 heterocycles. The van der Waals surface area contributed by atoms with Gasteiger partial charge in [0.1, 0.15) is 0 Å². The second-order valence-corrected chi connectivity index (χ2v) is 4.89. The molecule has 16 heavy (non-hydrogen) atoms. The van der Waals surface area contributed by atoms with E-state index in [0.717, 1.165) is 26.1 Å². The lowest BCUT2D eigenvalue weighted by atomic mass is 10.1. The quantitative estimate of drug-likeness (QED) is 0.291. The number of nitrogens with zero attached hydrogens (tertiary/aromatic N) is 1. The Balaban J connectivity index is 3.26. The summed E-state index contributed by atoms with van der Waals surface area (Å²) in [5.41, 5.74) is 0. The van der Waals surface area contributed by atoms with Gasteiger partial charge in [0.25, 0.3) is 0 Å². The van der Waals surface area contributed by atoms with Crippen molar-refractivity contribution >= 4 is 0 Å². The molecule has 0 fully saturated rings. The fraction of sp³-hybridized carbons (Fsp3) is 1.00. The zero-order chi connectivity index (χ0) is 12.3. The van der Waals surface area contributed by atoms with Crippen molar-refractivity contribution in [3.05, 3.63) is 5.21 Å². The average Bonchev–Trinajstić information content (AvgIpc) is 2.32. The maximum Gasteiger partial charge on any atom is 0.0783 e. The van der Waals surface area contributed by atoms with E-state index >= 15 is 0 Å². The van der Waals surface area contributed by atoms with Gasteiger partial charge in [-0.3, -0.25) is 0 Å². The summed E-state index contributed by atoms with van der Waals surface area (Å²) in [6.07, 6.45) is 10.5. The highest BCUT2D eigenvalue weighted by molar-refractivity contribution is 4.47. The maximum absolute atomic E-state index is 12.0. The summed E-state index contributed by atoms with van der Waals surface area (Å²) in [6, 6.07) is 0. The summed E-state index contributed by atoms with van der Waals surface area (Å²) in [6.45, 7) is 8.53. The summed E-state index contributed by atoms with van der Waals surface area (Å²) >= 11 is 0. The van der Waals surface area contributed by atoms with Crippen molar-refractivity contribution in [2.45, 2.75) is 72.1 Å². The van der Waals surface area contributed by atoms with Gasteiger partial charge in [0.2, 0.25) is 0 Å². The number of rotatable bonds is 11. The number of hydroxylamine groups is 3. The molecule has 0 aromatic rings. The van der Waals surface area contributed by atoms with Crippen LogP contribution in [-0.2, 0) is 0 Å². The molecule has 0 unspecified atom stereocenters. The Bertz CT molecular complexity index is 144. The SMILES string of the molecule is CCCCCCCCCC[N+]([O-])(CC)CC. The normalized spacial score (nSPS) is 12.0. The van der Waals surface area contributed by atoms with Crippen molar-refractivity contribution in [3.8, 4) is 0 Å². The molecule has 2 nitrogen and oxygen atoms in total. The third-order valence-electron chi connectivity index (χ3n) is 3.57. The number of hydrogen-bond acceptors (Lipinski definition) is 1. The van der Waals surface area contributed by atoms with Crippen LogP contribution in [0.3, 0.4) is 0 Å². The molecule has 0 amide bonds. The van der Waals surface area contributed by atoms with Crippen LogP contribution in [0.15, 0.2) is 0 Å². The lowest BCUT2D eigenvalue weighted by Crippen LogP contribution is -2.42. The molecule has 0 atom stereocenters. The number of quaternary nitrogens is 1. The Hall–Kier alpha value is -0.0800. The molecule has 0 aromatic heterocycles. The second-order valence-electron chi connectivity index (χ2n) is 4.89. The fourth-order valence-corrected chi connectivity index (χ4v) is 2.07. The van der Waals surface area contributed by atoms with Gasteiger partial charge in [0.05, 0.1) is 19.6 Å². The first-order valence-electron chi connectivity index (χ1n) is 7.25. The summed E-state index contributed by atoms with van der Waals surface area (Å²) < 4.78 is 0.00976. The minimum Gasteiger partial charge on any atom is -0.633 e. The Labute approximate surface area is 102 Å². The van der Waals surface area contributed by atoms with Gasteiger partial charge in [0, 0.05) is 0 Å². The molecule has 98 valence electrons. The van der Waals surface area contributed by atoms with Gasteiger partial charge in [0.15, 0.2) is 0 Å². The largest absolute Gasteiger partial charge is 0.633 e. The van der Waals surface area contributed by atoms with Crippen LogP contribution in [0.2, 0.25) is 0 Å². The predicted molar refractivity (Wildman–Crippen MR) is 72.2 cm³/mol. The van der Waals surface area contributed by atoms with Crippen LogP contribution in [0, 0.1) is 5.21 Å². The van der Waals surface area contributed by atoms with E-state index in [1.807, 2.05) is 13.8 Å². The molecule has 0 N–H and O–H groups in total. The van der Waals surface area contributed by atoms with E-state index in [1.165, 1.54) is 44.9 Å². The molecule has 0 aliphatic carbocycles. The molecule has 0 saturated heterocycles. The van der Waals surface area contributed by atoms with E-state index in [4.69, 9.17) is 0 Å². The van der Waals surface area contributed by atoms with Crippen LogP contribution in [0.4, 0.5) is 0 Å². The van der Waals surface area contributed by atoms with E-state index in [0.29, 0.717) is 0 Å². The van der Waals surface area contributed by atoms with Gasteiger partial charge >= 0.3 is 0 Å². The van der Waals surface area contributed by atoms with E-state index in [-0.39, 0.29) is 4.65 Å². The molecule has 0 rings (SSSR count). The standard InChI is InChI=1S/C14H31NO/c1-4-7-8-9-10-11-12-13-14-15(16,5-2)6-3/h4-14H2,1-3H3. The van der Waals surface area contributed by atoms with Crippen LogP contribution in [0.25, 0.3) is 0 Å². The van der Waals surface area contributed by atoms with Crippen molar-refractivity contribution in [1.29, 1.82) is 0 Å². The minimum absolute atomic E-state index is 0.00976. The summed E-state index contributed by atoms with van der Waals surface area (Å²) in [4.78, 5) is 0. The van der Waals surface area contributed by atoms with E-state index < -0.39 is 0 Å². The van der Waals surface area contributed by atoms with Gasteiger partial charge in [-0.2, -0.15) is 0 Å². The summed E-state index contributed by atoms with van der Waals surface area (Å²) in [5.74, 6) is 0. The number of unbranched alkanes of at least 4 members (excludes halogenated alkanes) is 7. The van der Waals surface area contributed by atoms with Crippen molar-refractivity contribution in [1.82, 2.24) is 0 Å². The Morgan fingerprint density at radius 3 is 1.56 bits per heavy atom. The third kappa shape index (κ3) is 8.12. The smallest absolute Gasteiger partial charge is 0.0783 e. The maximum atomic E-state index is 12.0. The van der Waals surface area contributed by atoms with Crippen LogP contribution >= 0.6 is 0 Å². The number of hydrogen-bond donors (Lipinski definition) is 0. The predicted octanol–water partition coefficient (Wildman–Crippen LogP) is 4.48. The molecule has 0 spiro atoms. The van der Waals surface area contributed by atoms with E-state index in [9.17, 15) is 5.21 Å². The lowest BCUT2D eigenvalue weighted by Gasteiger charge is -2.41. The Kier molecular flexibility index (Phi) is 10.0. The van der Waals surface area contributed by atoms with Crippen LogP contribution in [-0.4, -0.2) is 24.3 Å².